The normalized spacial score (nSPS) is 11.2. The molecule has 0 radical (unpaired) electrons. The second-order valence-corrected chi connectivity index (χ2v) is 5.77. The monoisotopic (exact) mass is 398 g/mol. The van der Waals surface area contributed by atoms with Gasteiger partial charge < -0.3 is 14.5 Å². The van der Waals surface area contributed by atoms with Crippen LogP contribution in [0.15, 0.2) is 36.6 Å². The number of hydroxylamine groups is 1. The minimum Gasteiger partial charge on any atom is -0.503 e. The zero-order chi connectivity index (χ0) is 19.1. The fraction of sp³-hybridized carbons (Fsp3) is 0.176. The smallest absolute Gasteiger partial charge is 0.341 e. The number of H-pyrrole nitrogens is 1. The van der Waals surface area contributed by atoms with E-state index >= 15 is 0 Å². The summed E-state index contributed by atoms with van der Waals surface area (Å²) in [5, 5.41) is 0.393. The first-order chi connectivity index (χ1) is 12.5. The van der Waals surface area contributed by atoms with Gasteiger partial charge in [-0.3, -0.25) is 9.63 Å². The Labute approximate surface area is 159 Å². The summed E-state index contributed by atoms with van der Waals surface area (Å²) < 4.78 is 9.71. The Morgan fingerprint density at radius 2 is 1.96 bits per heavy atom. The fourth-order valence-corrected chi connectivity index (χ4v) is 2.43. The van der Waals surface area contributed by atoms with Crippen molar-refractivity contribution >= 4 is 40.7 Å². The molecule has 0 aliphatic heterocycles. The van der Waals surface area contributed by atoms with E-state index in [2.05, 4.69) is 10.5 Å². The maximum Gasteiger partial charge on any atom is 0.341 e. The molecule has 2 N–H and O–H groups in total. The number of aromatic amines is 1. The molecule has 0 atom stereocenters. The fourth-order valence-electron chi connectivity index (χ4n) is 2.12. The van der Waals surface area contributed by atoms with E-state index in [9.17, 15) is 9.59 Å². The Morgan fingerprint density at radius 1 is 1.23 bits per heavy atom. The van der Waals surface area contributed by atoms with Crippen LogP contribution >= 0.6 is 23.2 Å². The highest BCUT2D eigenvalue weighted by atomic mass is 35.5. The van der Waals surface area contributed by atoms with E-state index in [1.54, 1.807) is 24.3 Å². The van der Waals surface area contributed by atoms with Crippen molar-refractivity contribution in [3.05, 3.63) is 63.6 Å². The van der Waals surface area contributed by atoms with Crippen molar-refractivity contribution < 1.29 is 23.9 Å². The lowest BCUT2D eigenvalue weighted by Crippen LogP contribution is -2.24. The summed E-state index contributed by atoms with van der Waals surface area (Å²) in [7, 11) is 2.70. The Bertz CT molecular complexity index is 813. The van der Waals surface area contributed by atoms with Crippen LogP contribution in [0.25, 0.3) is 5.57 Å². The lowest BCUT2D eigenvalue weighted by molar-refractivity contribution is -0.133. The summed E-state index contributed by atoms with van der Waals surface area (Å²) in [5.41, 5.74) is 3.86. The zero-order valence-electron chi connectivity index (χ0n) is 14.0. The van der Waals surface area contributed by atoms with Crippen molar-refractivity contribution in [3.63, 3.8) is 0 Å². The van der Waals surface area contributed by atoms with Crippen LogP contribution in [0.1, 0.15) is 21.6 Å². The van der Waals surface area contributed by atoms with Crippen LogP contribution in [-0.4, -0.2) is 31.1 Å². The van der Waals surface area contributed by atoms with Gasteiger partial charge in [-0.2, -0.15) is 0 Å². The third kappa shape index (κ3) is 4.78. The highest BCUT2D eigenvalue weighted by molar-refractivity contribution is 6.41. The SMILES string of the molecule is CO/C=C(/C(=O)OC)c1ccccc1CONC(=O)c1cc(Cl)c(Cl)[nH]1. The van der Waals surface area contributed by atoms with Gasteiger partial charge in [0.2, 0.25) is 0 Å². The number of esters is 1. The second-order valence-electron chi connectivity index (χ2n) is 4.98. The molecule has 0 aliphatic rings. The molecule has 2 rings (SSSR count). The molecule has 0 unspecified atom stereocenters. The molecule has 138 valence electrons. The Morgan fingerprint density at radius 3 is 2.58 bits per heavy atom. The molecule has 1 aromatic heterocycles. The quantitative estimate of drug-likeness (QED) is 0.323. The maximum atomic E-state index is 12.0. The molecule has 1 aromatic carbocycles. The molecule has 9 heteroatoms. The van der Waals surface area contributed by atoms with Crippen LogP contribution < -0.4 is 5.48 Å². The van der Waals surface area contributed by atoms with E-state index in [1.807, 2.05) is 0 Å². The Balaban J connectivity index is 2.09. The Hall–Kier alpha value is -2.48. The Kier molecular flexibility index (Phi) is 7.08. The number of rotatable bonds is 7. The lowest BCUT2D eigenvalue weighted by atomic mass is 10.0. The van der Waals surface area contributed by atoms with Crippen LogP contribution in [0.2, 0.25) is 10.2 Å². The van der Waals surface area contributed by atoms with Crippen molar-refractivity contribution in [3.8, 4) is 0 Å². The predicted octanol–water partition coefficient (Wildman–Crippen LogP) is 3.34. The average Bonchev–Trinajstić information content (AvgIpc) is 2.98. The molecule has 1 heterocycles. The summed E-state index contributed by atoms with van der Waals surface area (Å²) >= 11 is 11.5. The van der Waals surface area contributed by atoms with Gasteiger partial charge in [0.1, 0.15) is 23.0 Å². The maximum absolute atomic E-state index is 12.0. The van der Waals surface area contributed by atoms with Crippen LogP contribution in [0.5, 0.6) is 0 Å². The molecule has 2 aromatic rings. The highest BCUT2D eigenvalue weighted by Gasteiger charge is 2.17. The summed E-state index contributed by atoms with van der Waals surface area (Å²) in [5.74, 6) is -1.10. The molecule has 26 heavy (non-hydrogen) atoms. The number of ether oxygens (including phenoxy) is 2. The number of methoxy groups -OCH3 is 2. The minimum absolute atomic E-state index is 0.00212. The zero-order valence-corrected chi connectivity index (χ0v) is 15.5. The van der Waals surface area contributed by atoms with Gasteiger partial charge >= 0.3 is 5.97 Å². The van der Waals surface area contributed by atoms with E-state index in [-0.39, 0.29) is 28.0 Å². The van der Waals surface area contributed by atoms with Gasteiger partial charge in [-0.05, 0) is 17.2 Å². The molecule has 0 bridgehead atoms. The number of hydrogen-bond donors (Lipinski definition) is 2. The largest absolute Gasteiger partial charge is 0.503 e. The number of nitrogens with one attached hydrogen (secondary N) is 2. The number of amides is 1. The van der Waals surface area contributed by atoms with Gasteiger partial charge in [-0.15, -0.1) is 0 Å². The van der Waals surface area contributed by atoms with Crippen molar-refractivity contribution in [2.75, 3.05) is 14.2 Å². The van der Waals surface area contributed by atoms with Gasteiger partial charge in [-0.1, -0.05) is 47.5 Å². The third-order valence-electron chi connectivity index (χ3n) is 3.31. The average molecular weight is 399 g/mol. The predicted molar refractivity (Wildman–Crippen MR) is 96.5 cm³/mol. The van der Waals surface area contributed by atoms with Crippen LogP contribution in [0.3, 0.4) is 0 Å². The molecule has 7 nitrogen and oxygen atoms in total. The molecule has 0 aliphatic carbocycles. The number of benzene rings is 1. The molecule has 0 saturated heterocycles. The number of carbonyl (C=O) groups is 2. The summed E-state index contributed by atoms with van der Waals surface area (Å²) in [4.78, 5) is 31.8. The van der Waals surface area contributed by atoms with Crippen molar-refractivity contribution in [2.24, 2.45) is 0 Å². The van der Waals surface area contributed by atoms with Gasteiger partial charge in [0.05, 0.1) is 25.5 Å². The molecular weight excluding hydrogens is 383 g/mol. The summed E-state index contributed by atoms with van der Waals surface area (Å²) in [6, 6.07) is 8.37. The third-order valence-corrected chi connectivity index (χ3v) is 4.00. The van der Waals surface area contributed by atoms with E-state index < -0.39 is 11.9 Å². The van der Waals surface area contributed by atoms with Gasteiger partial charge in [-0.25, -0.2) is 10.3 Å². The summed E-state index contributed by atoms with van der Waals surface area (Å²) in [6.07, 6.45) is 1.28. The highest BCUT2D eigenvalue weighted by Crippen LogP contribution is 2.23. The van der Waals surface area contributed by atoms with E-state index in [0.29, 0.717) is 11.1 Å². The number of carbonyl (C=O) groups excluding carboxylic acids is 2. The molecule has 0 fully saturated rings. The molecular formula is C17H16Cl2N2O5. The number of hydrogen-bond acceptors (Lipinski definition) is 5. The van der Waals surface area contributed by atoms with Crippen molar-refractivity contribution in [2.45, 2.75) is 6.61 Å². The molecule has 0 spiro atoms. The van der Waals surface area contributed by atoms with Crippen molar-refractivity contribution in [1.29, 1.82) is 0 Å². The van der Waals surface area contributed by atoms with Crippen LogP contribution in [-0.2, 0) is 25.7 Å². The van der Waals surface area contributed by atoms with Crippen molar-refractivity contribution in [1.82, 2.24) is 10.5 Å². The lowest BCUT2D eigenvalue weighted by Gasteiger charge is -2.12. The van der Waals surface area contributed by atoms with Gasteiger partial charge in [0.15, 0.2) is 0 Å². The number of halogens is 2. The standard InChI is InChI=1S/C17H16Cl2N2O5/c1-24-9-12(17(23)25-2)11-6-4-3-5-10(11)8-26-21-16(22)14-7-13(18)15(19)20-14/h3-7,9,20H,8H2,1-2H3,(H,21,22)/b12-9+. The first-order valence-corrected chi connectivity index (χ1v) is 8.09. The van der Waals surface area contributed by atoms with E-state index in [4.69, 9.17) is 37.5 Å². The molecule has 0 saturated carbocycles. The van der Waals surface area contributed by atoms with E-state index in [1.165, 1.54) is 26.5 Å². The topological polar surface area (TPSA) is 89.7 Å². The first-order valence-electron chi connectivity index (χ1n) is 7.33. The first kappa shape index (κ1) is 19.8. The number of aromatic nitrogens is 1. The minimum atomic E-state index is -0.556. The van der Waals surface area contributed by atoms with Crippen LogP contribution in [0, 0.1) is 0 Å². The summed E-state index contributed by atoms with van der Waals surface area (Å²) in [6.45, 7) is 0.00212. The van der Waals surface area contributed by atoms with Gasteiger partial charge in [0.25, 0.3) is 5.91 Å². The van der Waals surface area contributed by atoms with Gasteiger partial charge in [0, 0.05) is 0 Å². The van der Waals surface area contributed by atoms with E-state index in [0.717, 1.165) is 0 Å². The second kappa shape index (κ2) is 9.28. The molecule has 1 amide bonds. The van der Waals surface area contributed by atoms with Crippen LogP contribution in [0.4, 0.5) is 0 Å².